The lowest BCUT2D eigenvalue weighted by Crippen LogP contribution is -2.47. The molecule has 0 spiro atoms. The summed E-state index contributed by atoms with van der Waals surface area (Å²) in [7, 11) is 3.16. The van der Waals surface area contributed by atoms with Gasteiger partial charge >= 0.3 is 0 Å². The van der Waals surface area contributed by atoms with Gasteiger partial charge in [0.05, 0.1) is 19.1 Å². The molecule has 2 amide bonds. The number of carbonyl (C=O) groups excluding carboxylic acids is 2. The number of nitrogens with one attached hydrogen (secondary N) is 1. The van der Waals surface area contributed by atoms with E-state index in [9.17, 15) is 9.59 Å². The van der Waals surface area contributed by atoms with Crippen LogP contribution in [0.15, 0.2) is 47.4 Å². The number of thioether (sulfide) groups is 1. The number of hydrogen-bond donors (Lipinski definition) is 1. The van der Waals surface area contributed by atoms with E-state index in [1.165, 1.54) is 11.8 Å². The lowest BCUT2D eigenvalue weighted by molar-refractivity contribution is -0.124. The van der Waals surface area contributed by atoms with Gasteiger partial charge in [0.1, 0.15) is 10.1 Å². The van der Waals surface area contributed by atoms with Crippen molar-refractivity contribution in [2.24, 2.45) is 0 Å². The van der Waals surface area contributed by atoms with Crippen LogP contribution in [0, 0.1) is 0 Å². The van der Waals surface area contributed by atoms with Crippen molar-refractivity contribution >= 4 is 81.0 Å². The molecule has 1 heterocycles. The zero-order valence-electron chi connectivity index (χ0n) is 21.0. The first kappa shape index (κ1) is 30.4. The topological polar surface area (TPSA) is 77.1 Å². The van der Waals surface area contributed by atoms with Gasteiger partial charge in [-0.2, -0.15) is 0 Å². The largest absolute Gasteiger partial charge is 0.493 e. The van der Waals surface area contributed by atoms with Crippen LogP contribution in [0.25, 0.3) is 6.08 Å². The van der Waals surface area contributed by atoms with Crippen LogP contribution in [-0.2, 0) is 16.0 Å². The van der Waals surface area contributed by atoms with Gasteiger partial charge in [-0.15, -0.1) is 0 Å². The third-order valence-electron chi connectivity index (χ3n) is 5.44. The molecule has 0 radical (unpaired) electrons. The number of methoxy groups -OCH3 is 2. The minimum Gasteiger partial charge on any atom is -0.493 e. The fourth-order valence-electron chi connectivity index (χ4n) is 3.52. The number of nitrogens with zero attached hydrogens (tertiary/aromatic N) is 1. The average Bonchev–Trinajstić information content (AvgIpc) is 3.14. The van der Waals surface area contributed by atoms with Gasteiger partial charge in [0.2, 0.25) is 15.9 Å². The van der Waals surface area contributed by atoms with Gasteiger partial charge in [0, 0.05) is 13.0 Å². The van der Waals surface area contributed by atoms with Gasteiger partial charge in [-0.25, -0.2) is 0 Å². The quantitative estimate of drug-likeness (QED) is 0.141. The van der Waals surface area contributed by atoms with E-state index in [0.29, 0.717) is 45.9 Å². The van der Waals surface area contributed by atoms with Crippen LogP contribution >= 0.6 is 58.8 Å². The molecular formula is C26H27Cl3N2O5S2. The van der Waals surface area contributed by atoms with Gasteiger partial charge in [0.15, 0.2) is 11.5 Å². The average molecular weight is 618 g/mol. The van der Waals surface area contributed by atoms with Gasteiger partial charge in [-0.3, -0.25) is 14.5 Å². The maximum Gasteiger partial charge on any atom is 0.266 e. The molecule has 3 rings (SSSR count). The van der Waals surface area contributed by atoms with Crippen LogP contribution in [-0.4, -0.2) is 51.8 Å². The SMILES string of the molecule is CCCC(=O)N[C@@H](Oc1ccc(/C=C2\SC(=S)N(CCc3ccc(OC)c(OC)c3)C2=O)cc1)C(Cl)(Cl)Cl. The van der Waals surface area contributed by atoms with Crippen molar-refractivity contribution in [2.45, 2.75) is 36.2 Å². The highest BCUT2D eigenvalue weighted by atomic mass is 35.6. The Kier molecular flexibility index (Phi) is 11.0. The zero-order chi connectivity index (χ0) is 27.9. The summed E-state index contributed by atoms with van der Waals surface area (Å²) in [4.78, 5) is 27.1. The summed E-state index contributed by atoms with van der Waals surface area (Å²) in [6, 6.07) is 12.5. The molecule has 2 aromatic carbocycles. The number of alkyl halides is 3. The van der Waals surface area contributed by atoms with Crippen molar-refractivity contribution in [3.8, 4) is 17.2 Å². The Morgan fingerprint density at radius 3 is 2.42 bits per heavy atom. The van der Waals surface area contributed by atoms with Crippen LogP contribution in [0.5, 0.6) is 17.2 Å². The smallest absolute Gasteiger partial charge is 0.266 e. The zero-order valence-corrected chi connectivity index (χ0v) is 24.9. The summed E-state index contributed by atoms with van der Waals surface area (Å²) in [5, 5.41) is 2.58. The summed E-state index contributed by atoms with van der Waals surface area (Å²) < 4.78 is 15.0. The number of amides is 2. The van der Waals surface area contributed by atoms with Crippen molar-refractivity contribution < 1.29 is 23.8 Å². The maximum atomic E-state index is 13.0. The highest BCUT2D eigenvalue weighted by Gasteiger charge is 2.36. The van der Waals surface area contributed by atoms with Crippen LogP contribution in [0.2, 0.25) is 0 Å². The van der Waals surface area contributed by atoms with Crippen LogP contribution in [0.4, 0.5) is 0 Å². The number of ether oxygens (including phenoxy) is 3. The molecule has 0 aromatic heterocycles. The Morgan fingerprint density at radius 1 is 1.13 bits per heavy atom. The second-order valence-corrected chi connectivity index (χ2v) is 12.2. The number of carbonyl (C=O) groups is 2. The van der Waals surface area contributed by atoms with E-state index in [0.717, 1.165) is 11.1 Å². The highest BCUT2D eigenvalue weighted by Crippen LogP contribution is 2.35. The number of thiocarbonyl (C=S) groups is 1. The Labute approximate surface area is 246 Å². The van der Waals surface area contributed by atoms with Crippen LogP contribution in [0.1, 0.15) is 30.9 Å². The predicted molar refractivity (Wildman–Crippen MR) is 157 cm³/mol. The maximum absolute atomic E-state index is 13.0. The fourth-order valence-corrected chi connectivity index (χ4v) is 5.13. The summed E-state index contributed by atoms with van der Waals surface area (Å²) in [5.74, 6) is 1.22. The van der Waals surface area contributed by atoms with Crippen molar-refractivity contribution in [2.75, 3.05) is 20.8 Å². The minimum atomic E-state index is -1.87. The second kappa shape index (κ2) is 13.8. The molecule has 0 saturated carbocycles. The molecule has 1 atom stereocenters. The normalized spacial score (nSPS) is 15.5. The number of rotatable bonds is 11. The molecule has 1 fully saturated rings. The van der Waals surface area contributed by atoms with E-state index in [1.54, 1.807) is 49.5 Å². The van der Waals surface area contributed by atoms with E-state index >= 15 is 0 Å². The number of hydrogen-bond acceptors (Lipinski definition) is 7. The summed E-state index contributed by atoms with van der Waals surface area (Å²) in [6.07, 6.45) is 2.13. The molecule has 1 saturated heterocycles. The van der Waals surface area contributed by atoms with Gasteiger partial charge in [-0.05, 0) is 54.3 Å². The number of benzene rings is 2. The van der Waals surface area contributed by atoms with E-state index in [-0.39, 0.29) is 18.2 Å². The fraction of sp³-hybridized carbons (Fsp3) is 0.346. The molecule has 0 unspecified atom stereocenters. The van der Waals surface area contributed by atoms with Crippen molar-refractivity contribution in [1.82, 2.24) is 10.2 Å². The first-order valence-corrected chi connectivity index (χ1v) is 14.0. The second-order valence-electron chi connectivity index (χ2n) is 8.20. The van der Waals surface area contributed by atoms with Gasteiger partial charge in [-0.1, -0.05) is 83.9 Å². The first-order valence-electron chi connectivity index (χ1n) is 11.6. The predicted octanol–water partition coefficient (Wildman–Crippen LogP) is 6.14. The molecule has 0 bridgehead atoms. The molecule has 1 aliphatic heterocycles. The van der Waals surface area contributed by atoms with Gasteiger partial charge in [0.25, 0.3) is 5.91 Å². The summed E-state index contributed by atoms with van der Waals surface area (Å²) in [6.45, 7) is 2.31. The molecule has 0 aliphatic carbocycles. The minimum absolute atomic E-state index is 0.157. The van der Waals surface area contributed by atoms with Crippen molar-refractivity contribution in [1.29, 1.82) is 0 Å². The first-order chi connectivity index (χ1) is 18.0. The monoisotopic (exact) mass is 616 g/mol. The Hall–Kier alpha value is -2.17. The van der Waals surface area contributed by atoms with Crippen LogP contribution in [0.3, 0.4) is 0 Å². The molecular weight excluding hydrogens is 591 g/mol. The molecule has 38 heavy (non-hydrogen) atoms. The van der Waals surface area contributed by atoms with E-state index in [2.05, 4.69) is 5.32 Å². The van der Waals surface area contributed by atoms with E-state index in [4.69, 9.17) is 61.2 Å². The summed E-state index contributed by atoms with van der Waals surface area (Å²) >= 11 is 24.7. The molecule has 1 aliphatic rings. The molecule has 12 heteroatoms. The van der Waals surface area contributed by atoms with Crippen LogP contribution < -0.4 is 19.5 Å². The van der Waals surface area contributed by atoms with Crippen molar-refractivity contribution in [3.63, 3.8) is 0 Å². The molecule has 204 valence electrons. The molecule has 7 nitrogen and oxygen atoms in total. The lowest BCUT2D eigenvalue weighted by Gasteiger charge is -2.26. The van der Waals surface area contributed by atoms with Gasteiger partial charge < -0.3 is 19.5 Å². The Balaban J connectivity index is 1.65. The lowest BCUT2D eigenvalue weighted by atomic mass is 10.1. The number of halogens is 3. The highest BCUT2D eigenvalue weighted by molar-refractivity contribution is 8.26. The Morgan fingerprint density at radius 2 is 1.82 bits per heavy atom. The third-order valence-corrected chi connectivity index (χ3v) is 7.42. The Bertz CT molecular complexity index is 1200. The third kappa shape index (κ3) is 8.16. The standard InChI is InChI=1S/C26H27Cl3N2O5S2/c1-4-5-22(32)30-24(26(27,28)29)36-18-9-6-16(7-10-18)15-21-23(33)31(25(37)38-21)13-12-17-8-11-19(34-2)20(14-17)35-3/h6-11,14-15,24H,4-5,12-13H2,1-3H3,(H,30,32)/b21-15-/t24-/m0/s1. The van der Waals surface area contributed by atoms with Crippen molar-refractivity contribution in [3.05, 3.63) is 58.5 Å². The molecule has 2 aromatic rings. The van der Waals surface area contributed by atoms with E-state index in [1.807, 2.05) is 25.1 Å². The summed E-state index contributed by atoms with van der Waals surface area (Å²) in [5.41, 5.74) is 1.76. The van der Waals surface area contributed by atoms with E-state index < -0.39 is 10.0 Å². The molecule has 1 N–H and O–H groups in total.